The molecule has 0 aliphatic carbocycles. The Labute approximate surface area is 187 Å². The molecule has 1 aromatic heterocycles. The van der Waals surface area contributed by atoms with Gasteiger partial charge in [0.05, 0.1) is 17.6 Å². The van der Waals surface area contributed by atoms with Crippen LogP contribution >= 0.6 is 23.4 Å². The first-order valence-electron chi connectivity index (χ1n) is 9.27. The van der Waals surface area contributed by atoms with Gasteiger partial charge in [0.2, 0.25) is 0 Å². The number of benzene rings is 3. The highest BCUT2D eigenvalue weighted by atomic mass is 35.5. The second kappa shape index (κ2) is 9.20. The zero-order valence-corrected chi connectivity index (χ0v) is 18.0. The largest absolute Gasteiger partial charge is 0.496 e. The summed E-state index contributed by atoms with van der Waals surface area (Å²) in [7, 11) is 1.62. The molecule has 0 atom stereocenters. The minimum Gasteiger partial charge on any atom is -0.496 e. The number of nitro benzene ring substituents is 1. The summed E-state index contributed by atoms with van der Waals surface area (Å²) in [5.41, 5.74) is 2.69. The number of ether oxygens (including phenoxy) is 1. The Morgan fingerprint density at radius 2 is 1.74 bits per heavy atom. The summed E-state index contributed by atoms with van der Waals surface area (Å²) in [5, 5.41) is 21.0. The number of halogens is 1. The summed E-state index contributed by atoms with van der Waals surface area (Å²) < 4.78 is 7.46. The van der Waals surface area contributed by atoms with Crippen molar-refractivity contribution in [3.05, 3.63) is 93.5 Å². The smallest absolute Gasteiger partial charge is 0.269 e. The Hall–Kier alpha value is -3.36. The highest BCUT2D eigenvalue weighted by Gasteiger charge is 2.19. The molecule has 1 heterocycles. The molecule has 7 nitrogen and oxygen atoms in total. The molecule has 9 heteroatoms. The van der Waals surface area contributed by atoms with Crippen molar-refractivity contribution in [3.63, 3.8) is 0 Å². The van der Waals surface area contributed by atoms with E-state index in [1.54, 1.807) is 19.2 Å². The zero-order chi connectivity index (χ0) is 21.8. The first-order valence-corrected chi connectivity index (χ1v) is 10.6. The van der Waals surface area contributed by atoms with Crippen LogP contribution in [-0.2, 0) is 5.75 Å². The van der Waals surface area contributed by atoms with Crippen molar-refractivity contribution in [2.75, 3.05) is 7.11 Å². The monoisotopic (exact) mass is 452 g/mol. The van der Waals surface area contributed by atoms with Crippen molar-refractivity contribution in [2.24, 2.45) is 0 Å². The predicted molar refractivity (Wildman–Crippen MR) is 121 cm³/mol. The van der Waals surface area contributed by atoms with Crippen molar-refractivity contribution in [1.29, 1.82) is 0 Å². The molecule has 0 radical (unpaired) electrons. The van der Waals surface area contributed by atoms with Gasteiger partial charge in [-0.2, -0.15) is 0 Å². The fraction of sp³-hybridized carbons (Fsp3) is 0.0909. The van der Waals surface area contributed by atoms with Crippen LogP contribution in [0.15, 0.2) is 78.0 Å². The van der Waals surface area contributed by atoms with Gasteiger partial charge in [-0.15, -0.1) is 10.2 Å². The highest BCUT2D eigenvalue weighted by molar-refractivity contribution is 7.98. The van der Waals surface area contributed by atoms with Gasteiger partial charge in [0.1, 0.15) is 5.75 Å². The Balaban J connectivity index is 1.71. The van der Waals surface area contributed by atoms with Gasteiger partial charge >= 0.3 is 0 Å². The van der Waals surface area contributed by atoms with Crippen LogP contribution in [0.5, 0.6) is 5.75 Å². The van der Waals surface area contributed by atoms with E-state index >= 15 is 0 Å². The molecular formula is C22H17ClN4O3S. The maximum atomic E-state index is 10.9. The molecule has 0 N–H and O–H groups in total. The van der Waals surface area contributed by atoms with E-state index in [9.17, 15) is 10.1 Å². The average Bonchev–Trinajstić information content (AvgIpc) is 3.22. The zero-order valence-electron chi connectivity index (χ0n) is 16.4. The van der Waals surface area contributed by atoms with Gasteiger partial charge in [-0.05, 0) is 42.0 Å². The number of hydrogen-bond donors (Lipinski definition) is 0. The van der Waals surface area contributed by atoms with E-state index in [1.807, 2.05) is 53.1 Å². The lowest BCUT2D eigenvalue weighted by molar-refractivity contribution is -0.384. The average molecular weight is 453 g/mol. The third kappa shape index (κ3) is 4.55. The third-order valence-electron chi connectivity index (χ3n) is 4.58. The van der Waals surface area contributed by atoms with Crippen molar-refractivity contribution in [2.45, 2.75) is 10.9 Å². The summed E-state index contributed by atoms with van der Waals surface area (Å²) in [6.45, 7) is 0. The van der Waals surface area contributed by atoms with Crippen LogP contribution in [0.1, 0.15) is 5.56 Å². The highest BCUT2D eigenvalue weighted by Crippen LogP contribution is 2.34. The number of thioether (sulfide) groups is 1. The van der Waals surface area contributed by atoms with Crippen LogP contribution in [0.25, 0.3) is 17.1 Å². The molecule has 31 heavy (non-hydrogen) atoms. The van der Waals surface area contributed by atoms with Gasteiger partial charge in [-0.3, -0.25) is 14.7 Å². The van der Waals surface area contributed by atoms with Gasteiger partial charge in [0.25, 0.3) is 5.69 Å². The van der Waals surface area contributed by atoms with E-state index in [1.165, 1.54) is 23.9 Å². The maximum Gasteiger partial charge on any atom is 0.269 e. The molecule has 0 saturated carbocycles. The maximum absolute atomic E-state index is 10.9. The topological polar surface area (TPSA) is 83.1 Å². The number of nitro groups is 1. The number of non-ortho nitro benzene ring substituents is 1. The Morgan fingerprint density at radius 1 is 1.03 bits per heavy atom. The number of aromatic nitrogens is 3. The van der Waals surface area contributed by atoms with Gasteiger partial charge < -0.3 is 4.74 Å². The van der Waals surface area contributed by atoms with Crippen LogP contribution in [0.2, 0.25) is 5.02 Å². The SMILES string of the molecule is COc1ccccc1-c1nnc(SCc2ccc([N+](=O)[O-])cc2)n1-c1ccc(Cl)cc1. The van der Waals surface area contributed by atoms with Crippen LogP contribution in [0, 0.1) is 10.1 Å². The van der Waals surface area contributed by atoms with Crippen molar-refractivity contribution < 1.29 is 9.66 Å². The van der Waals surface area contributed by atoms with Crippen molar-refractivity contribution in [3.8, 4) is 22.8 Å². The second-order valence-electron chi connectivity index (χ2n) is 6.53. The lowest BCUT2D eigenvalue weighted by Crippen LogP contribution is -2.01. The summed E-state index contributed by atoms with van der Waals surface area (Å²) >= 11 is 7.57. The lowest BCUT2D eigenvalue weighted by Gasteiger charge is -2.12. The first kappa shape index (κ1) is 20.9. The fourth-order valence-corrected chi connectivity index (χ4v) is 4.09. The molecule has 4 rings (SSSR count). The van der Waals surface area contributed by atoms with Gasteiger partial charge in [-0.25, -0.2) is 0 Å². The molecule has 0 spiro atoms. The minimum absolute atomic E-state index is 0.0662. The molecule has 4 aromatic rings. The number of hydrogen-bond acceptors (Lipinski definition) is 6. The summed E-state index contributed by atoms with van der Waals surface area (Å²) in [5.74, 6) is 1.92. The normalized spacial score (nSPS) is 10.8. The number of para-hydroxylation sites is 1. The quantitative estimate of drug-likeness (QED) is 0.200. The van der Waals surface area contributed by atoms with Gasteiger partial charge in [-0.1, -0.05) is 47.6 Å². The molecule has 0 aliphatic heterocycles. The summed E-state index contributed by atoms with van der Waals surface area (Å²) in [6, 6.07) is 21.5. The molecule has 0 fully saturated rings. The van der Waals surface area contributed by atoms with E-state index in [-0.39, 0.29) is 5.69 Å². The summed E-state index contributed by atoms with van der Waals surface area (Å²) in [4.78, 5) is 10.5. The number of nitrogens with zero attached hydrogens (tertiary/aromatic N) is 4. The molecule has 0 saturated heterocycles. The Kier molecular flexibility index (Phi) is 6.20. The minimum atomic E-state index is -0.409. The van der Waals surface area contributed by atoms with E-state index in [2.05, 4.69) is 10.2 Å². The standard InChI is InChI=1S/C22H17ClN4O3S/c1-30-20-5-3-2-4-19(20)21-24-25-22(26(21)17-12-8-16(23)9-13-17)31-14-15-6-10-18(11-7-15)27(28)29/h2-13H,14H2,1H3. The van der Waals surface area contributed by atoms with E-state index in [0.717, 1.165) is 16.8 Å². The van der Waals surface area contributed by atoms with Crippen molar-refractivity contribution >= 4 is 29.1 Å². The third-order valence-corrected chi connectivity index (χ3v) is 5.83. The van der Waals surface area contributed by atoms with E-state index < -0.39 is 4.92 Å². The predicted octanol–water partition coefficient (Wildman–Crippen LogP) is 5.80. The number of methoxy groups -OCH3 is 1. The fourth-order valence-electron chi connectivity index (χ4n) is 3.05. The molecule has 0 bridgehead atoms. The molecule has 0 aliphatic rings. The number of rotatable bonds is 7. The van der Waals surface area contributed by atoms with Crippen LogP contribution in [0.4, 0.5) is 5.69 Å². The second-order valence-corrected chi connectivity index (χ2v) is 7.91. The lowest BCUT2D eigenvalue weighted by atomic mass is 10.2. The summed E-state index contributed by atoms with van der Waals surface area (Å²) in [6.07, 6.45) is 0. The molecule has 0 unspecified atom stereocenters. The Morgan fingerprint density at radius 3 is 2.42 bits per heavy atom. The first-order chi connectivity index (χ1) is 15.1. The molecule has 3 aromatic carbocycles. The van der Waals surface area contributed by atoms with E-state index in [0.29, 0.717) is 27.5 Å². The van der Waals surface area contributed by atoms with Crippen LogP contribution < -0.4 is 4.74 Å². The van der Waals surface area contributed by atoms with Gasteiger partial charge in [0, 0.05) is 28.6 Å². The molecular weight excluding hydrogens is 436 g/mol. The van der Waals surface area contributed by atoms with Gasteiger partial charge in [0.15, 0.2) is 11.0 Å². The van der Waals surface area contributed by atoms with Crippen LogP contribution in [0.3, 0.4) is 0 Å². The van der Waals surface area contributed by atoms with E-state index in [4.69, 9.17) is 16.3 Å². The van der Waals surface area contributed by atoms with Crippen molar-refractivity contribution in [1.82, 2.24) is 14.8 Å². The van der Waals surface area contributed by atoms with Crippen LogP contribution in [-0.4, -0.2) is 26.8 Å². The molecule has 0 amide bonds. The Bertz CT molecular complexity index is 1210. The molecule has 156 valence electrons.